The van der Waals surface area contributed by atoms with E-state index in [0.29, 0.717) is 5.92 Å². The molecule has 5 nitrogen and oxygen atoms in total. The molecular formula is C17H23N5. The van der Waals surface area contributed by atoms with Gasteiger partial charge in [-0.2, -0.15) is 5.10 Å². The van der Waals surface area contributed by atoms with Crippen molar-refractivity contribution in [1.29, 1.82) is 0 Å². The highest BCUT2D eigenvalue weighted by Crippen LogP contribution is 2.24. The Morgan fingerprint density at radius 3 is 2.82 bits per heavy atom. The summed E-state index contributed by atoms with van der Waals surface area (Å²) in [5, 5.41) is 8.64. The molecule has 0 radical (unpaired) electrons. The smallest absolute Gasteiger partial charge is 0.150 e. The SMILES string of the molecule is CN(C)c1ccc(CC2CCCN(c3cccnc3)C2)nn1. The molecule has 0 amide bonds. The fourth-order valence-electron chi connectivity index (χ4n) is 3.00. The van der Waals surface area contributed by atoms with Crippen LogP contribution in [0, 0.1) is 5.92 Å². The Morgan fingerprint density at radius 2 is 2.14 bits per heavy atom. The predicted molar refractivity (Wildman–Crippen MR) is 89.2 cm³/mol. The molecule has 0 spiro atoms. The lowest BCUT2D eigenvalue weighted by Gasteiger charge is -2.34. The standard InChI is InChI=1S/C17H23N5/c1-21(2)17-8-7-15(19-20-17)11-14-5-4-10-22(13-14)16-6-3-9-18-12-16/h3,6-9,12,14H,4-5,10-11,13H2,1-2H3. The van der Waals surface area contributed by atoms with E-state index < -0.39 is 0 Å². The predicted octanol–water partition coefficient (Wildman–Crippen LogP) is 2.40. The van der Waals surface area contributed by atoms with Gasteiger partial charge in [0.2, 0.25) is 0 Å². The second kappa shape index (κ2) is 6.73. The van der Waals surface area contributed by atoms with Crippen LogP contribution >= 0.6 is 0 Å². The highest BCUT2D eigenvalue weighted by atomic mass is 15.2. The Morgan fingerprint density at radius 1 is 1.23 bits per heavy atom. The fraction of sp³-hybridized carbons (Fsp3) is 0.471. The summed E-state index contributed by atoms with van der Waals surface area (Å²) in [6, 6.07) is 8.29. The lowest BCUT2D eigenvalue weighted by molar-refractivity contribution is 0.408. The maximum atomic E-state index is 4.37. The monoisotopic (exact) mass is 297 g/mol. The number of nitrogens with zero attached hydrogens (tertiary/aromatic N) is 5. The van der Waals surface area contributed by atoms with Gasteiger partial charge in [0, 0.05) is 33.4 Å². The maximum Gasteiger partial charge on any atom is 0.150 e. The zero-order valence-corrected chi connectivity index (χ0v) is 13.3. The van der Waals surface area contributed by atoms with E-state index in [4.69, 9.17) is 0 Å². The molecule has 3 rings (SSSR count). The highest BCUT2D eigenvalue weighted by Gasteiger charge is 2.21. The topological polar surface area (TPSA) is 45.2 Å². The molecule has 0 aromatic carbocycles. The molecule has 2 aromatic heterocycles. The van der Waals surface area contributed by atoms with Gasteiger partial charge < -0.3 is 9.80 Å². The van der Waals surface area contributed by atoms with Gasteiger partial charge in [-0.05, 0) is 49.4 Å². The van der Waals surface area contributed by atoms with Crippen LogP contribution in [0.3, 0.4) is 0 Å². The number of hydrogen-bond donors (Lipinski definition) is 0. The number of hydrogen-bond acceptors (Lipinski definition) is 5. The summed E-state index contributed by atoms with van der Waals surface area (Å²) in [7, 11) is 3.97. The van der Waals surface area contributed by atoms with Crippen LogP contribution in [0.25, 0.3) is 0 Å². The van der Waals surface area contributed by atoms with Crippen LogP contribution in [0.2, 0.25) is 0 Å². The molecule has 2 aromatic rings. The van der Waals surface area contributed by atoms with Crippen molar-refractivity contribution < 1.29 is 0 Å². The average molecular weight is 297 g/mol. The Hall–Kier alpha value is -2.17. The molecule has 1 atom stereocenters. The van der Waals surface area contributed by atoms with Crippen LogP contribution in [-0.2, 0) is 6.42 Å². The summed E-state index contributed by atoms with van der Waals surface area (Å²) in [5.74, 6) is 1.54. The molecule has 5 heteroatoms. The van der Waals surface area contributed by atoms with Gasteiger partial charge in [-0.15, -0.1) is 5.10 Å². The van der Waals surface area contributed by atoms with Gasteiger partial charge in [0.25, 0.3) is 0 Å². The van der Waals surface area contributed by atoms with E-state index in [1.54, 1.807) is 0 Å². The van der Waals surface area contributed by atoms with Crippen molar-refractivity contribution in [2.45, 2.75) is 19.3 Å². The first kappa shape index (κ1) is 14.8. The van der Waals surface area contributed by atoms with E-state index in [9.17, 15) is 0 Å². The molecule has 3 heterocycles. The summed E-state index contributed by atoms with van der Waals surface area (Å²) in [4.78, 5) is 8.63. The molecule has 116 valence electrons. The third-order valence-corrected chi connectivity index (χ3v) is 4.19. The minimum absolute atomic E-state index is 0.633. The normalized spacial score (nSPS) is 18.3. The lowest BCUT2D eigenvalue weighted by Crippen LogP contribution is -2.36. The van der Waals surface area contributed by atoms with E-state index in [0.717, 1.165) is 31.0 Å². The second-order valence-electron chi connectivity index (χ2n) is 6.15. The van der Waals surface area contributed by atoms with Crippen molar-refractivity contribution in [2.75, 3.05) is 37.0 Å². The van der Waals surface area contributed by atoms with Crippen molar-refractivity contribution >= 4 is 11.5 Å². The number of piperidine rings is 1. The van der Waals surface area contributed by atoms with Gasteiger partial charge in [0.1, 0.15) is 0 Å². The van der Waals surface area contributed by atoms with Crippen molar-refractivity contribution in [2.24, 2.45) is 5.92 Å². The Labute approximate surface area is 132 Å². The number of anilines is 2. The quantitative estimate of drug-likeness (QED) is 0.867. The van der Waals surface area contributed by atoms with E-state index >= 15 is 0 Å². The van der Waals surface area contributed by atoms with Gasteiger partial charge in [0.15, 0.2) is 5.82 Å². The molecule has 0 saturated carbocycles. The van der Waals surface area contributed by atoms with Crippen LogP contribution in [-0.4, -0.2) is 42.4 Å². The van der Waals surface area contributed by atoms with Crippen molar-refractivity contribution in [3.8, 4) is 0 Å². The largest absolute Gasteiger partial charge is 0.370 e. The summed E-state index contributed by atoms with van der Waals surface area (Å²) in [5.41, 5.74) is 2.31. The molecule has 0 N–H and O–H groups in total. The first-order valence-corrected chi connectivity index (χ1v) is 7.87. The number of rotatable bonds is 4. The van der Waals surface area contributed by atoms with Crippen LogP contribution in [0.15, 0.2) is 36.7 Å². The van der Waals surface area contributed by atoms with Crippen LogP contribution < -0.4 is 9.80 Å². The molecule has 1 aliphatic rings. The second-order valence-corrected chi connectivity index (χ2v) is 6.15. The van der Waals surface area contributed by atoms with E-state index in [2.05, 4.69) is 32.2 Å². The van der Waals surface area contributed by atoms with Crippen LogP contribution in [0.1, 0.15) is 18.5 Å². The van der Waals surface area contributed by atoms with Crippen molar-refractivity contribution in [1.82, 2.24) is 15.2 Å². The molecule has 22 heavy (non-hydrogen) atoms. The third kappa shape index (κ3) is 3.53. The first-order valence-electron chi connectivity index (χ1n) is 7.87. The summed E-state index contributed by atoms with van der Waals surface area (Å²) >= 11 is 0. The molecule has 1 unspecified atom stereocenters. The number of aromatic nitrogens is 3. The summed E-state index contributed by atoms with van der Waals surface area (Å²) in [6.45, 7) is 2.19. The Balaban J connectivity index is 1.63. The van der Waals surface area contributed by atoms with Gasteiger partial charge in [0.05, 0.1) is 17.6 Å². The molecule has 1 saturated heterocycles. The minimum Gasteiger partial charge on any atom is -0.370 e. The van der Waals surface area contributed by atoms with E-state index in [1.807, 2.05) is 43.5 Å². The maximum absolute atomic E-state index is 4.37. The zero-order valence-electron chi connectivity index (χ0n) is 13.3. The number of pyridine rings is 1. The molecule has 1 aliphatic heterocycles. The molecule has 1 fully saturated rings. The zero-order chi connectivity index (χ0) is 15.4. The molecule has 0 aliphatic carbocycles. The van der Waals surface area contributed by atoms with Crippen LogP contribution in [0.4, 0.5) is 11.5 Å². The first-order chi connectivity index (χ1) is 10.7. The summed E-state index contributed by atoms with van der Waals surface area (Å²) < 4.78 is 0. The van der Waals surface area contributed by atoms with Crippen molar-refractivity contribution in [3.63, 3.8) is 0 Å². The fourth-order valence-corrected chi connectivity index (χ4v) is 3.00. The van der Waals surface area contributed by atoms with Gasteiger partial charge in [-0.1, -0.05) is 0 Å². The van der Waals surface area contributed by atoms with Gasteiger partial charge in [-0.25, -0.2) is 0 Å². The van der Waals surface area contributed by atoms with E-state index in [1.165, 1.54) is 18.5 Å². The van der Waals surface area contributed by atoms with E-state index in [-0.39, 0.29) is 0 Å². The minimum atomic E-state index is 0.633. The van der Waals surface area contributed by atoms with Gasteiger partial charge >= 0.3 is 0 Å². The summed E-state index contributed by atoms with van der Waals surface area (Å²) in [6.07, 6.45) is 7.26. The highest BCUT2D eigenvalue weighted by molar-refractivity contribution is 5.44. The molecular weight excluding hydrogens is 274 g/mol. The van der Waals surface area contributed by atoms with Crippen LogP contribution in [0.5, 0.6) is 0 Å². The third-order valence-electron chi connectivity index (χ3n) is 4.19. The average Bonchev–Trinajstić information content (AvgIpc) is 2.56. The Bertz CT molecular complexity index is 582. The van der Waals surface area contributed by atoms with Gasteiger partial charge in [-0.3, -0.25) is 4.98 Å². The lowest BCUT2D eigenvalue weighted by atomic mass is 9.93. The Kier molecular flexibility index (Phi) is 4.51. The molecule has 0 bridgehead atoms. The van der Waals surface area contributed by atoms with Crippen molar-refractivity contribution in [3.05, 3.63) is 42.4 Å².